The number of benzene rings is 1. The standard InChI is InChI=1S/C20H32N4O2.HI/c1-5-19(25)24-12-11-17(14-24)23-20(21-6-2)22-13-16(4)26-18-9-7-15(3)8-10-18;/h7-10,16-17H,5-6,11-14H2,1-4H3,(H2,21,22,23);1H. The number of carbonyl (C=O) groups is 1. The molecule has 1 aromatic carbocycles. The van der Waals surface area contributed by atoms with Gasteiger partial charge in [0.1, 0.15) is 11.9 Å². The van der Waals surface area contributed by atoms with E-state index in [9.17, 15) is 4.79 Å². The number of amides is 1. The third-order valence-electron chi connectivity index (χ3n) is 4.39. The lowest BCUT2D eigenvalue weighted by Gasteiger charge is -2.19. The summed E-state index contributed by atoms with van der Waals surface area (Å²) in [7, 11) is 0. The maximum absolute atomic E-state index is 11.8. The first kappa shape index (κ1) is 23.5. The van der Waals surface area contributed by atoms with E-state index in [0.717, 1.165) is 37.8 Å². The molecule has 1 heterocycles. The van der Waals surface area contributed by atoms with Gasteiger partial charge in [-0.15, -0.1) is 24.0 Å². The second-order valence-electron chi connectivity index (χ2n) is 6.78. The minimum atomic E-state index is -0.0186. The maximum Gasteiger partial charge on any atom is 0.222 e. The van der Waals surface area contributed by atoms with Crippen molar-refractivity contribution < 1.29 is 9.53 Å². The molecule has 27 heavy (non-hydrogen) atoms. The molecule has 0 saturated carbocycles. The van der Waals surface area contributed by atoms with Gasteiger partial charge in [-0.2, -0.15) is 0 Å². The molecule has 1 aromatic rings. The Morgan fingerprint density at radius 1 is 1.33 bits per heavy atom. The van der Waals surface area contributed by atoms with Crippen LogP contribution in [0.1, 0.15) is 39.2 Å². The first-order valence-electron chi connectivity index (χ1n) is 9.57. The molecule has 0 radical (unpaired) electrons. The Hall–Kier alpha value is -1.51. The molecule has 0 bridgehead atoms. The van der Waals surface area contributed by atoms with Gasteiger partial charge in [-0.05, 0) is 39.3 Å². The highest BCUT2D eigenvalue weighted by atomic mass is 127. The summed E-state index contributed by atoms with van der Waals surface area (Å²) >= 11 is 0. The molecule has 2 unspecified atom stereocenters. The molecule has 6 nitrogen and oxygen atoms in total. The van der Waals surface area contributed by atoms with Crippen molar-refractivity contribution in [2.75, 3.05) is 26.2 Å². The molecule has 0 spiro atoms. The molecular formula is C20H33IN4O2. The van der Waals surface area contributed by atoms with E-state index in [1.165, 1.54) is 5.56 Å². The Morgan fingerprint density at radius 2 is 2.04 bits per heavy atom. The number of aryl methyl sites for hydroxylation is 1. The molecular weight excluding hydrogens is 455 g/mol. The predicted octanol–water partition coefficient (Wildman–Crippen LogP) is 2.95. The molecule has 1 aliphatic rings. The largest absolute Gasteiger partial charge is 0.489 e. The van der Waals surface area contributed by atoms with Crippen LogP contribution in [-0.4, -0.2) is 55.1 Å². The van der Waals surface area contributed by atoms with Crippen LogP contribution in [0.5, 0.6) is 5.75 Å². The predicted molar refractivity (Wildman–Crippen MR) is 121 cm³/mol. The Labute approximate surface area is 180 Å². The van der Waals surface area contributed by atoms with Crippen LogP contribution in [0.4, 0.5) is 0 Å². The number of halogens is 1. The molecule has 2 N–H and O–H groups in total. The highest BCUT2D eigenvalue weighted by Crippen LogP contribution is 2.13. The molecule has 7 heteroatoms. The highest BCUT2D eigenvalue weighted by molar-refractivity contribution is 14.0. The minimum Gasteiger partial charge on any atom is -0.489 e. The zero-order valence-electron chi connectivity index (χ0n) is 16.8. The average Bonchev–Trinajstić information content (AvgIpc) is 3.10. The monoisotopic (exact) mass is 488 g/mol. The van der Waals surface area contributed by atoms with Crippen molar-refractivity contribution in [3.05, 3.63) is 29.8 Å². The van der Waals surface area contributed by atoms with E-state index in [1.54, 1.807) is 0 Å². The van der Waals surface area contributed by atoms with Gasteiger partial charge >= 0.3 is 0 Å². The zero-order chi connectivity index (χ0) is 18.9. The summed E-state index contributed by atoms with van der Waals surface area (Å²) in [6.45, 7) is 10.9. The fourth-order valence-electron chi connectivity index (χ4n) is 2.95. The van der Waals surface area contributed by atoms with Gasteiger partial charge in [0, 0.05) is 32.1 Å². The summed E-state index contributed by atoms with van der Waals surface area (Å²) in [4.78, 5) is 18.4. The second kappa shape index (κ2) is 12.0. The summed E-state index contributed by atoms with van der Waals surface area (Å²) in [6, 6.07) is 8.30. The van der Waals surface area contributed by atoms with E-state index >= 15 is 0 Å². The van der Waals surface area contributed by atoms with Gasteiger partial charge in [0.05, 0.1) is 6.54 Å². The van der Waals surface area contributed by atoms with E-state index in [0.29, 0.717) is 13.0 Å². The number of guanidine groups is 1. The summed E-state index contributed by atoms with van der Waals surface area (Å²) in [5, 5.41) is 6.72. The van der Waals surface area contributed by atoms with Crippen LogP contribution < -0.4 is 15.4 Å². The van der Waals surface area contributed by atoms with Crippen molar-refractivity contribution in [2.45, 2.75) is 52.7 Å². The number of hydrogen-bond donors (Lipinski definition) is 2. The fraction of sp³-hybridized carbons (Fsp3) is 0.600. The van der Waals surface area contributed by atoms with Crippen LogP contribution in [0.15, 0.2) is 29.3 Å². The van der Waals surface area contributed by atoms with Gasteiger partial charge in [0.25, 0.3) is 0 Å². The van der Waals surface area contributed by atoms with Gasteiger partial charge < -0.3 is 20.3 Å². The molecule has 1 fully saturated rings. The molecule has 1 aliphatic heterocycles. The van der Waals surface area contributed by atoms with Crippen LogP contribution in [0, 0.1) is 6.92 Å². The van der Waals surface area contributed by atoms with Crippen LogP contribution >= 0.6 is 24.0 Å². The van der Waals surface area contributed by atoms with Gasteiger partial charge in [-0.1, -0.05) is 24.6 Å². The molecule has 2 rings (SSSR count). The highest BCUT2D eigenvalue weighted by Gasteiger charge is 2.25. The number of ether oxygens (including phenoxy) is 1. The molecule has 1 saturated heterocycles. The summed E-state index contributed by atoms with van der Waals surface area (Å²) in [5.41, 5.74) is 1.22. The first-order chi connectivity index (χ1) is 12.5. The topological polar surface area (TPSA) is 66.0 Å². The quantitative estimate of drug-likeness (QED) is 0.352. The van der Waals surface area contributed by atoms with Gasteiger partial charge in [-0.3, -0.25) is 4.79 Å². The number of hydrogen-bond acceptors (Lipinski definition) is 3. The van der Waals surface area contributed by atoms with Crippen LogP contribution in [0.3, 0.4) is 0 Å². The van der Waals surface area contributed by atoms with E-state index in [4.69, 9.17) is 4.74 Å². The number of rotatable bonds is 7. The zero-order valence-corrected chi connectivity index (χ0v) is 19.2. The van der Waals surface area contributed by atoms with E-state index in [1.807, 2.05) is 49.9 Å². The Bertz CT molecular complexity index is 607. The van der Waals surface area contributed by atoms with E-state index in [-0.39, 0.29) is 42.0 Å². The number of nitrogens with one attached hydrogen (secondary N) is 2. The van der Waals surface area contributed by atoms with Crippen molar-refractivity contribution in [3.63, 3.8) is 0 Å². The summed E-state index contributed by atoms with van der Waals surface area (Å²) in [5.74, 6) is 1.86. The van der Waals surface area contributed by atoms with E-state index in [2.05, 4.69) is 22.5 Å². The Morgan fingerprint density at radius 3 is 2.67 bits per heavy atom. The summed E-state index contributed by atoms with van der Waals surface area (Å²) < 4.78 is 5.92. The molecule has 0 aromatic heterocycles. The normalized spacial score (nSPS) is 17.9. The lowest BCUT2D eigenvalue weighted by molar-refractivity contribution is -0.129. The van der Waals surface area contributed by atoms with Crippen molar-refractivity contribution in [3.8, 4) is 5.75 Å². The van der Waals surface area contributed by atoms with Crippen molar-refractivity contribution >= 4 is 35.8 Å². The third-order valence-corrected chi connectivity index (χ3v) is 4.39. The van der Waals surface area contributed by atoms with Crippen molar-refractivity contribution in [2.24, 2.45) is 4.99 Å². The Kier molecular flexibility index (Phi) is 10.5. The third kappa shape index (κ3) is 7.94. The smallest absolute Gasteiger partial charge is 0.222 e. The number of likely N-dealkylation sites (tertiary alicyclic amines) is 1. The van der Waals surface area contributed by atoms with Crippen LogP contribution in [-0.2, 0) is 4.79 Å². The van der Waals surface area contributed by atoms with Crippen LogP contribution in [0.2, 0.25) is 0 Å². The number of carbonyl (C=O) groups excluding carboxylic acids is 1. The van der Waals surface area contributed by atoms with Crippen molar-refractivity contribution in [1.29, 1.82) is 0 Å². The average molecular weight is 488 g/mol. The first-order valence-corrected chi connectivity index (χ1v) is 9.57. The lowest BCUT2D eigenvalue weighted by atomic mass is 10.2. The molecule has 152 valence electrons. The second-order valence-corrected chi connectivity index (χ2v) is 6.78. The fourth-order valence-corrected chi connectivity index (χ4v) is 2.95. The minimum absolute atomic E-state index is 0. The number of nitrogens with zero attached hydrogens (tertiary/aromatic N) is 2. The van der Waals surface area contributed by atoms with Gasteiger partial charge in [0.2, 0.25) is 5.91 Å². The lowest BCUT2D eigenvalue weighted by Crippen LogP contribution is -2.45. The molecule has 2 atom stereocenters. The van der Waals surface area contributed by atoms with Crippen LogP contribution in [0.25, 0.3) is 0 Å². The van der Waals surface area contributed by atoms with Gasteiger partial charge in [0.15, 0.2) is 5.96 Å². The molecule has 0 aliphatic carbocycles. The summed E-state index contributed by atoms with van der Waals surface area (Å²) in [6.07, 6.45) is 1.50. The maximum atomic E-state index is 11.8. The van der Waals surface area contributed by atoms with E-state index < -0.39 is 0 Å². The Balaban J connectivity index is 0.00000364. The van der Waals surface area contributed by atoms with Crippen molar-refractivity contribution in [1.82, 2.24) is 15.5 Å². The number of aliphatic imine (C=N–C) groups is 1. The van der Waals surface area contributed by atoms with Gasteiger partial charge in [-0.25, -0.2) is 4.99 Å². The SMILES string of the molecule is CCNC(=NCC(C)Oc1ccc(C)cc1)NC1CCN(C(=O)CC)C1.I. The molecule has 1 amide bonds.